The smallest absolute Gasteiger partial charge is 0.412 e. The van der Waals surface area contributed by atoms with Gasteiger partial charge in [0.25, 0.3) is 0 Å². The molecule has 1 amide bonds. The fourth-order valence-corrected chi connectivity index (χ4v) is 3.51. The maximum atomic E-state index is 12.5. The lowest BCUT2D eigenvalue weighted by molar-refractivity contribution is 0.115. The minimum Gasteiger partial charge on any atom is -0.436 e. The van der Waals surface area contributed by atoms with Crippen molar-refractivity contribution in [1.82, 2.24) is 0 Å². The Hall–Kier alpha value is -1.07. The summed E-state index contributed by atoms with van der Waals surface area (Å²) in [5.74, 6) is 0. The Morgan fingerprint density at radius 3 is 2.32 bits per heavy atom. The average Bonchev–Trinajstić information content (AvgIpc) is 2.34. The van der Waals surface area contributed by atoms with E-state index in [1.807, 2.05) is 0 Å². The lowest BCUT2D eigenvalue weighted by Gasteiger charge is -2.22. The number of hydrogen-bond donors (Lipinski definition) is 1. The molecule has 0 atom stereocenters. The SMILES string of the molecule is CC(C)OP(=O)(COC(=O)Nc1cccc(Cl)c1)OC(C)C. The molecule has 1 rings (SSSR count). The summed E-state index contributed by atoms with van der Waals surface area (Å²) in [4.78, 5) is 11.7. The molecule has 1 aromatic carbocycles. The van der Waals surface area contributed by atoms with Crippen LogP contribution in [0.25, 0.3) is 0 Å². The van der Waals surface area contributed by atoms with E-state index < -0.39 is 20.0 Å². The third-order valence-electron chi connectivity index (χ3n) is 2.17. The Morgan fingerprint density at radius 1 is 1.23 bits per heavy atom. The van der Waals surface area contributed by atoms with Crippen molar-refractivity contribution in [2.45, 2.75) is 39.9 Å². The van der Waals surface area contributed by atoms with E-state index in [1.54, 1.807) is 52.0 Å². The molecule has 22 heavy (non-hydrogen) atoms. The van der Waals surface area contributed by atoms with E-state index in [-0.39, 0.29) is 12.2 Å². The van der Waals surface area contributed by atoms with Crippen molar-refractivity contribution >= 4 is 31.0 Å². The first kappa shape index (κ1) is 19.0. The van der Waals surface area contributed by atoms with Crippen LogP contribution in [-0.2, 0) is 18.3 Å². The number of carbonyl (C=O) groups is 1. The van der Waals surface area contributed by atoms with Crippen LogP contribution in [0.5, 0.6) is 0 Å². The minimum absolute atomic E-state index is 0.316. The molecule has 124 valence electrons. The van der Waals surface area contributed by atoms with Crippen LogP contribution in [0.15, 0.2) is 24.3 Å². The summed E-state index contributed by atoms with van der Waals surface area (Å²) < 4.78 is 28.0. The molecule has 0 saturated carbocycles. The van der Waals surface area contributed by atoms with Gasteiger partial charge in [-0.3, -0.25) is 9.88 Å². The average molecular weight is 350 g/mol. The van der Waals surface area contributed by atoms with Crippen molar-refractivity contribution in [2.24, 2.45) is 0 Å². The van der Waals surface area contributed by atoms with Gasteiger partial charge in [-0.2, -0.15) is 0 Å². The van der Waals surface area contributed by atoms with Gasteiger partial charge in [-0.25, -0.2) is 4.79 Å². The van der Waals surface area contributed by atoms with E-state index in [4.69, 9.17) is 25.4 Å². The molecule has 0 aromatic heterocycles. The van der Waals surface area contributed by atoms with Crippen LogP contribution < -0.4 is 5.32 Å². The highest BCUT2D eigenvalue weighted by atomic mass is 35.5. The molecule has 0 radical (unpaired) electrons. The van der Waals surface area contributed by atoms with Crippen molar-refractivity contribution in [2.75, 3.05) is 11.7 Å². The van der Waals surface area contributed by atoms with Crippen LogP contribution >= 0.6 is 19.2 Å². The first-order chi connectivity index (χ1) is 10.2. The fourth-order valence-electron chi connectivity index (χ4n) is 1.59. The number of amides is 1. The van der Waals surface area contributed by atoms with Crippen molar-refractivity contribution in [3.63, 3.8) is 0 Å². The van der Waals surface area contributed by atoms with Crippen LogP contribution in [0.4, 0.5) is 10.5 Å². The second-order valence-corrected chi connectivity index (χ2v) is 7.45. The predicted octanol–water partition coefficient (Wildman–Crippen LogP) is 4.89. The molecule has 0 spiro atoms. The first-order valence-corrected chi connectivity index (χ1v) is 8.96. The van der Waals surface area contributed by atoms with Gasteiger partial charge in [-0.1, -0.05) is 17.7 Å². The third-order valence-corrected chi connectivity index (χ3v) is 4.33. The summed E-state index contributed by atoms with van der Waals surface area (Å²) >= 11 is 5.82. The van der Waals surface area contributed by atoms with E-state index >= 15 is 0 Å². The second-order valence-electron chi connectivity index (χ2n) is 5.12. The summed E-state index contributed by atoms with van der Waals surface area (Å²) in [6, 6.07) is 6.59. The van der Waals surface area contributed by atoms with Gasteiger partial charge in [0.05, 0.1) is 12.2 Å². The lowest BCUT2D eigenvalue weighted by Crippen LogP contribution is -2.18. The molecule has 8 heteroatoms. The number of halogens is 1. The Morgan fingerprint density at radius 2 is 1.82 bits per heavy atom. The predicted molar refractivity (Wildman–Crippen MR) is 86.5 cm³/mol. The number of rotatable bonds is 7. The zero-order valence-corrected chi connectivity index (χ0v) is 14.7. The number of carbonyl (C=O) groups excluding carboxylic acids is 1. The van der Waals surface area contributed by atoms with Crippen LogP contribution in [0.1, 0.15) is 27.7 Å². The van der Waals surface area contributed by atoms with Crippen LogP contribution in [0, 0.1) is 0 Å². The summed E-state index contributed by atoms with van der Waals surface area (Å²) in [6.07, 6.45) is -1.86. The Bertz CT molecular complexity index is 536. The quantitative estimate of drug-likeness (QED) is 0.709. The summed E-state index contributed by atoms with van der Waals surface area (Å²) in [6.45, 7) is 6.90. The zero-order valence-electron chi connectivity index (χ0n) is 13.0. The Balaban J connectivity index is 2.60. The molecule has 0 saturated heterocycles. The second kappa shape index (κ2) is 8.53. The molecule has 1 N–H and O–H groups in total. The largest absolute Gasteiger partial charge is 0.436 e. The van der Waals surface area contributed by atoms with Crippen LogP contribution in [-0.4, -0.2) is 24.6 Å². The minimum atomic E-state index is -3.51. The molecule has 0 bridgehead atoms. The van der Waals surface area contributed by atoms with Gasteiger partial charge in [-0.15, -0.1) is 0 Å². The summed E-state index contributed by atoms with van der Waals surface area (Å²) in [7, 11) is -3.51. The number of hydrogen-bond acceptors (Lipinski definition) is 5. The number of ether oxygens (including phenoxy) is 1. The van der Waals surface area contributed by atoms with Gasteiger partial charge >= 0.3 is 13.7 Å². The summed E-state index contributed by atoms with van der Waals surface area (Å²) in [5, 5.41) is 2.97. The van der Waals surface area contributed by atoms with E-state index in [9.17, 15) is 9.36 Å². The van der Waals surface area contributed by atoms with Gasteiger partial charge in [0.15, 0.2) is 6.35 Å². The summed E-state index contributed by atoms with van der Waals surface area (Å²) in [5.41, 5.74) is 0.474. The monoisotopic (exact) mass is 349 g/mol. The molecule has 0 aliphatic carbocycles. The van der Waals surface area contributed by atoms with Crippen LogP contribution in [0.3, 0.4) is 0 Å². The van der Waals surface area contributed by atoms with Crippen molar-refractivity contribution in [3.05, 3.63) is 29.3 Å². The molecule has 1 aromatic rings. The van der Waals surface area contributed by atoms with Gasteiger partial charge in [0.1, 0.15) is 0 Å². The number of anilines is 1. The Labute approximate surface area is 135 Å². The highest BCUT2D eigenvalue weighted by molar-refractivity contribution is 7.53. The maximum Gasteiger partial charge on any atom is 0.412 e. The molecular formula is C14H21ClNO5P. The molecular weight excluding hydrogens is 329 g/mol. The van der Waals surface area contributed by atoms with Crippen molar-refractivity contribution < 1.29 is 23.1 Å². The van der Waals surface area contributed by atoms with E-state index in [0.717, 1.165) is 0 Å². The lowest BCUT2D eigenvalue weighted by atomic mass is 10.3. The standard InChI is InChI=1S/C14H21ClNO5P/c1-10(2)20-22(18,21-11(3)4)9-19-14(17)16-13-7-5-6-12(15)8-13/h5-8,10-11H,9H2,1-4H3,(H,16,17). The Kier molecular flexibility index (Phi) is 7.36. The molecule has 0 unspecified atom stereocenters. The zero-order chi connectivity index (χ0) is 16.8. The van der Waals surface area contributed by atoms with E-state index in [2.05, 4.69) is 5.32 Å². The third kappa shape index (κ3) is 7.27. The van der Waals surface area contributed by atoms with Crippen molar-refractivity contribution in [3.8, 4) is 0 Å². The van der Waals surface area contributed by atoms with E-state index in [1.165, 1.54) is 0 Å². The first-order valence-electron chi connectivity index (χ1n) is 6.85. The normalized spacial score (nSPS) is 11.8. The molecule has 0 aliphatic heterocycles. The highest BCUT2D eigenvalue weighted by Gasteiger charge is 2.29. The molecule has 6 nitrogen and oxygen atoms in total. The van der Waals surface area contributed by atoms with Gasteiger partial charge in [-0.05, 0) is 45.9 Å². The van der Waals surface area contributed by atoms with Gasteiger partial charge in [0, 0.05) is 10.7 Å². The maximum absolute atomic E-state index is 12.5. The molecule has 0 fully saturated rings. The van der Waals surface area contributed by atoms with Gasteiger partial charge < -0.3 is 13.8 Å². The van der Waals surface area contributed by atoms with E-state index in [0.29, 0.717) is 10.7 Å². The van der Waals surface area contributed by atoms with Crippen LogP contribution in [0.2, 0.25) is 5.02 Å². The number of nitrogens with one attached hydrogen (secondary N) is 1. The topological polar surface area (TPSA) is 73.9 Å². The number of benzene rings is 1. The highest BCUT2D eigenvalue weighted by Crippen LogP contribution is 2.50. The van der Waals surface area contributed by atoms with Crippen molar-refractivity contribution in [1.29, 1.82) is 0 Å². The molecule has 0 heterocycles. The molecule has 0 aliphatic rings. The fraction of sp³-hybridized carbons (Fsp3) is 0.500. The van der Waals surface area contributed by atoms with Gasteiger partial charge in [0.2, 0.25) is 0 Å².